The van der Waals surface area contributed by atoms with E-state index >= 15 is 0 Å². The third-order valence-corrected chi connectivity index (χ3v) is 5.41. The molecule has 4 aromatic rings. The first-order valence-corrected chi connectivity index (χ1v) is 10.7. The summed E-state index contributed by atoms with van der Waals surface area (Å²) in [6.07, 6.45) is 8.54. The first-order valence-electron chi connectivity index (χ1n) is 10.4. The Morgan fingerprint density at radius 3 is 2.33 bits per heavy atom. The molecule has 0 aliphatic heterocycles. The van der Waals surface area contributed by atoms with Crippen LogP contribution in [-0.2, 0) is 6.42 Å². The highest BCUT2D eigenvalue weighted by Crippen LogP contribution is 2.36. The Bertz CT molecular complexity index is 1340. The fourth-order valence-electron chi connectivity index (χ4n) is 3.61. The number of rotatable bonds is 5. The highest BCUT2D eigenvalue weighted by atomic mass is 35.5. The van der Waals surface area contributed by atoms with Crippen LogP contribution in [0.3, 0.4) is 0 Å². The summed E-state index contributed by atoms with van der Waals surface area (Å²) in [6.45, 7) is 0. The Morgan fingerprint density at radius 1 is 0.848 bits per heavy atom. The van der Waals surface area contributed by atoms with Crippen molar-refractivity contribution in [3.63, 3.8) is 0 Å². The Hall–Kier alpha value is -4.16. The molecular formula is C26H19ClN4O2. The second-order valence-corrected chi connectivity index (χ2v) is 7.83. The lowest BCUT2D eigenvalue weighted by molar-refractivity contribution is 0.262. The molecule has 0 radical (unpaired) electrons. The first kappa shape index (κ1) is 20.7. The topological polar surface area (TPSA) is 76.1 Å². The third kappa shape index (κ3) is 4.71. The van der Waals surface area contributed by atoms with Crippen molar-refractivity contribution < 1.29 is 9.53 Å². The van der Waals surface area contributed by atoms with E-state index in [4.69, 9.17) is 16.3 Å². The SMILES string of the molecule is O=C(Nc1ccc(Cl)cc1)Nc1ccc(Oc2ncccc2-c2ccnc3c2C=CC3)cc1. The molecule has 2 aromatic heterocycles. The number of carbonyl (C=O) groups is 1. The summed E-state index contributed by atoms with van der Waals surface area (Å²) in [7, 11) is 0. The first-order chi connectivity index (χ1) is 16.2. The molecule has 2 N–H and O–H groups in total. The van der Waals surface area contributed by atoms with Gasteiger partial charge in [-0.2, -0.15) is 0 Å². The lowest BCUT2D eigenvalue weighted by atomic mass is 10.0. The molecule has 2 aromatic carbocycles. The monoisotopic (exact) mass is 454 g/mol. The Labute approximate surface area is 195 Å². The highest BCUT2D eigenvalue weighted by Gasteiger charge is 2.16. The van der Waals surface area contributed by atoms with E-state index in [0.29, 0.717) is 28.0 Å². The second-order valence-electron chi connectivity index (χ2n) is 7.39. The van der Waals surface area contributed by atoms with Gasteiger partial charge in [0.15, 0.2) is 0 Å². The number of nitrogens with zero attached hydrogens (tertiary/aromatic N) is 2. The summed E-state index contributed by atoms with van der Waals surface area (Å²) < 4.78 is 6.09. The van der Waals surface area contributed by atoms with Gasteiger partial charge in [0.1, 0.15) is 5.75 Å². The molecule has 0 bridgehead atoms. The minimum absolute atomic E-state index is 0.349. The van der Waals surface area contributed by atoms with Crippen molar-refractivity contribution in [2.24, 2.45) is 0 Å². The van der Waals surface area contributed by atoms with Gasteiger partial charge in [0.05, 0.1) is 5.69 Å². The summed E-state index contributed by atoms with van der Waals surface area (Å²) in [4.78, 5) is 21.1. The molecule has 0 saturated heterocycles. The van der Waals surface area contributed by atoms with Crippen molar-refractivity contribution in [3.05, 3.63) is 101 Å². The molecule has 0 fully saturated rings. The van der Waals surface area contributed by atoms with Crippen molar-refractivity contribution in [1.29, 1.82) is 0 Å². The molecule has 0 unspecified atom stereocenters. The number of anilines is 2. The lowest BCUT2D eigenvalue weighted by Crippen LogP contribution is -2.19. The number of carbonyl (C=O) groups excluding carboxylic acids is 1. The molecule has 1 aliphatic rings. The fraction of sp³-hybridized carbons (Fsp3) is 0.0385. The minimum atomic E-state index is -0.349. The summed E-state index contributed by atoms with van der Waals surface area (Å²) >= 11 is 5.87. The number of ether oxygens (including phenoxy) is 1. The maximum atomic E-state index is 12.2. The molecule has 6 nitrogen and oxygen atoms in total. The van der Waals surface area contributed by atoms with Crippen LogP contribution in [0.25, 0.3) is 17.2 Å². The normalized spacial score (nSPS) is 11.7. The smallest absolute Gasteiger partial charge is 0.323 e. The van der Waals surface area contributed by atoms with Gasteiger partial charge in [-0.1, -0.05) is 23.8 Å². The Kier molecular flexibility index (Phi) is 5.74. The highest BCUT2D eigenvalue weighted by molar-refractivity contribution is 6.30. The largest absolute Gasteiger partial charge is 0.438 e. The van der Waals surface area contributed by atoms with Gasteiger partial charge in [-0.05, 0) is 72.3 Å². The standard InChI is InChI=1S/C26H19ClN4O2/c27-17-6-8-18(9-7-17)30-26(32)31-19-10-12-20(13-11-19)33-25-23(4-2-15-29-25)21-14-16-28-24-5-1-3-22(21)24/h1-4,6-16H,5H2,(H2,30,31,32). The lowest BCUT2D eigenvalue weighted by Gasteiger charge is -2.13. The van der Waals surface area contributed by atoms with E-state index in [2.05, 4.69) is 32.8 Å². The Morgan fingerprint density at radius 2 is 1.58 bits per heavy atom. The molecule has 0 spiro atoms. The number of fused-ring (bicyclic) bond motifs is 1. The quantitative estimate of drug-likeness (QED) is 0.347. The van der Waals surface area contributed by atoms with Crippen LogP contribution >= 0.6 is 11.6 Å². The van der Waals surface area contributed by atoms with Crippen molar-refractivity contribution in [3.8, 4) is 22.8 Å². The van der Waals surface area contributed by atoms with Crippen LogP contribution in [0.15, 0.2) is 85.2 Å². The van der Waals surface area contributed by atoms with Crippen LogP contribution in [0.2, 0.25) is 5.02 Å². The molecule has 7 heteroatoms. The summed E-state index contributed by atoms with van der Waals surface area (Å²) in [5.41, 5.74) is 5.36. The zero-order valence-corrected chi connectivity index (χ0v) is 18.2. The van der Waals surface area contributed by atoms with E-state index in [1.807, 2.05) is 24.4 Å². The number of aromatic nitrogens is 2. The van der Waals surface area contributed by atoms with Gasteiger partial charge < -0.3 is 15.4 Å². The number of pyridine rings is 2. The van der Waals surface area contributed by atoms with Crippen molar-refractivity contribution >= 4 is 35.1 Å². The average Bonchev–Trinajstić information content (AvgIpc) is 3.31. The number of hydrogen-bond donors (Lipinski definition) is 2. The third-order valence-electron chi connectivity index (χ3n) is 5.16. The predicted octanol–water partition coefficient (Wildman–Crippen LogP) is 6.80. The molecule has 162 valence electrons. The molecular weight excluding hydrogens is 436 g/mol. The number of halogens is 1. The molecule has 33 heavy (non-hydrogen) atoms. The van der Waals surface area contributed by atoms with Gasteiger partial charge in [-0.25, -0.2) is 9.78 Å². The van der Waals surface area contributed by atoms with E-state index in [1.54, 1.807) is 54.7 Å². The van der Waals surface area contributed by atoms with Gasteiger partial charge >= 0.3 is 6.03 Å². The van der Waals surface area contributed by atoms with Gasteiger partial charge in [-0.15, -0.1) is 0 Å². The van der Waals surface area contributed by atoms with Crippen LogP contribution in [0.1, 0.15) is 11.3 Å². The van der Waals surface area contributed by atoms with Crippen LogP contribution in [0.5, 0.6) is 11.6 Å². The van der Waals surface area contributed by atoms with Crippen molar-refractivity contribution in [2.75, 3.05) is 10.6 Å². The Balaban J connectivity index is 1.30. The number of hydrogen-bond acceptors (Lipinski definition) is 4. The molecule has 0 atom stereocenters. The second kappa shape index (κ2) is 9.14. The van der Waals surface area contributed by atoms with E-state index in [9.17, 15) is 4.79 Å². The van der Waals surface area contributed by atoms with E-state index in [1.165, 1.54) is 0 Å². The van der Waals surface area contributed by atoms with Crippen LogP contribution in [0, 0.1) is 0 Å². The van der Waals surface area contributed by atoms with E-state index in [0.717, 1.165) is 28.8 Å². The minimum Gasteiger partial charge on any atom is -0.438 e. The maximum absolute atomic E-state index is 12.2. The van der Waals surface area contributed by atoms with Gasteiger partial charge in [0.2, 0.25) is 5.88 Å². The average molecular weight is 455 g/mol. The van der Waals surface area contributed by atoms with Crippen molar-refractivity contribution in [2.45, 2.75) is 6.42 Å². The number of benzene rings is 2. The molecule has 2 amide bonds. The van der Waals surface area contributed by atoms with Crippen LogP contribution in [-0.4, -0.2) is 16.0 Å². The number of allylic oxidation sites excluding steroid dienone is 1. The predicted molar refractivity (Wildman–Crippen MR) is 131 cm³/mol. The van der Waals surface area contributed by atoms with Gasteiger partial charge in [0.25, 0.3) is 0 Å². The summed E-state index contributed by atoms with van der Waals surface area (Å²) in [5.74, 6) is 1.12. The van der Waals surface area contributed by atoms with E-state index < -0.39 is 0 Å². The van der Waals surface area contributed by atoms with Crippen molar-refractivity contribution in [1.82, 2.24) is 9.97 Å². The van der Waals surface area contributed by atoms with Crippen LogP contribution < -0.4 is 15.4 Å². The fourth-order valence-corrected chi connectivity index (χ4v) is 3.74. The van der Waals surface area contributed by atoms with E-state index in [-0.39, 0.29) is 6.03 Å². The molecule has 1 aliphatic carbocycles. The maximum Gasteiger partial charge on any atom is 0.323 e. The zero-order chi connectivity index (χ0) is 22.6. The summed E-state index contributed by atoms with van der Waals surface area (Å²) in [5, 5.41) is 6.16. The molecule has 5 rings (SSSR count). The number of amides is 2. The number of urea groups is 1. The van der Waals surface area contributed by atoms with Gasteiger partial charge in [-0.3, -0.25) is 4.98 Å². The molecule has 2 heterocycles. The van der Waals surface area contributed by atoms with Crippen LogP contribution in [0.4, 0.5) is 16.2 Å². The van der Waals surface area contributed by atoms with Gasteiger partial charge in [0, 0.05) is 46.3 Å². The zero-order valence-electron chi connectivity index (χ0n) is 17.5. The molecule has 0 saturated carbocycles. The number of nitrogens with one attached hydrogen (secondary N) is 2. The summed E-state index contributed by atoms with van der Waals surface area (Å²) in [6, 6.07) is 19.5.